The van der Waals surface area contributed by atoms with E-state index in [1.807, 2.05) is 6.20 Å². The molecule has 75 heavy (non-hydrogen) atoms. The largest absolute Gasteiger partial charge is 0.507 e. The molecule has 0 amide bonds. The van der Waals surface area contributed by atoms with Crippen LogP contribution in [-0.4, -0.2) is 19.6 Å². The summed E-state index contributed by atoms with van der Waals surface area (Å²) in [4.78, 5) is 10.7. The molecule has 0 aliphatic rings. The molecule has 1 N–H and O–H groups in total. The maximum atomic E-state index is 12.7. The third-order valence-corrected chi connectivity index (χ3v) is 14.9. The summed E-state index contributed by atoms with van der Waals surface area (Å²) in [5.41, 5.74) is 21.8. The van der Waals surface area contributed by atoms with Gasteiger partial charge >= 0.3 is 0 Å². The van der Waals surface area contributed by atoms with Gasteiger partial charge in [-0.25, -0.2) is 4.98 Å². The van der Waals surface area contributed by atoms with Gasteiger partial charge in [0.1, 0.15) is 11.6 Å². The second-order valence-electron chi connectivity index (χ2n) is 24.6. The van der Waals surface area contributed by atoms with Crippen LogP contribution in [0.25, 0.3) is 95.0 Å². The summed E-state index contributed by atoms with van der Waals surface area (Å²) in [5.74, 6) is 0.953. The lowest BCUT2D eigenvalue weighted by Gasteiger charge is -2.28. The van der Waals surface area contributed by atoms with Crippen molar-refractivity contribution in [2.75, 3.05) is 0 Å². The minimum atomic E-state index is -0.336. The van der Waals surface area contributed by atoms with E-state index in [0.717, 1.165) is 72.5 Å². The lowest BCUT2D eigenvalue weighted by Crippen LogP contribution is -2.17. The highest BCUT2D eigenvalue weighted by molar-refractivity contribution is 5.97. The Labute approximate surface area is 445 Å². The first-order valence-corrected chi connectivity index (χ1v) is 26.5. The Kier molecular flexibility index (Phi) is 12.9. The Balaban J connectivity index is 1.19. The standard InChI is InChI=1S/C71H71N3O/c1-45-38-51(64-56(49-24-18-15-19-25-49)26-20-28-59(64)70(8,9)10)34-35-62(45)74-63-29-21-27-57(65(63)73-67(74)58-43-55(69(5,6)7)44-60(66(58)75)71(11,12)13)52-39-53(41-54(40-52)68(2,3)4)61-42-50(36-37-72-61)48-32-30-47(31-33-48)46-22-16-14-17-23-46/h14-44,75H,1-13H3. The average molecular weight is 982 g/mol. The van der Waals surface area contributed by atoms with Crippen LogP contribution in [0, 0.1) is 6.92 Å². The summed E-state index contributed by atoms with van der Waals surface area (Å²) < 4.78 is 2.29. The lowest BCUT2D eigenvalue weighted by atomic mass is 9.78. The van der Waals surface area contributed by atoms with Crippen molar-refractivity contribution in [3.63, 3.8) is 0 Å². The number of fused-ring (bicyclic) bond motifs is 1. The molecular weight excluding hydrogens is 911 g/mol. The molecule has 376 valence electrons. The number of phenolic OH excluding ortho intramolecular Hbond substituents is 1. The van der Waals surface area contributed by atoms with Gasteiger partial charge in [-0.15, -0.1) is 0 Å². The van der Waals surface area contributed by atoms with E-state index in [9.17, 15) is 5.11 Å². The minimum Gasteiger partial charge on any atom is -0.507 e. The molecule has 10 rings (SSSR count). The number of pyridine rings is 1. The number of aromatic hydroxyl groups is 1. The number of nitrogens with zero attached hydrogens (tertiary/aromatic N) is 3. The summed E-state index contributed by atoms with van der Waals surface area (Å²) in [7, 11) is 0. The molecule has 2 aromatic heterocycles. The minimum absolute atomic E-state index is 0.102. The second-order valence-corrected chi connectivity index (χ2v) is 24.6. The molecule has 0 aliphatic heterocycles. The van der Waals surface area contributed by atoms with E-state index in [0.29, 0.717) is 11.4 Å². The fourth-order valence-electron chi connectivity index (χ4n) is 10.6. The maximum Gasteiger partial charge on any atom is 0.149 e. The van der Waals surface area contributed by atoms with Crippen molar-refractivity contribution in [3.8, 4) is 89.7 Å². The molecule has 0 bridgehead atoms. The topological polar surface area (TPSA) is 50.9 Å². The fourth-order valence-corrected chi connectivity index (χ4v) is 10.6. The van der Waals surface area contributed by atoms with Crippen molar-refractivity contribution in [1.29, 1.82) is 0 Å². The van der Waals surface area contributed by atoms with Crippen LogP contribution >= 0.6 is 0 Å². The van der Waals surface area contributed by atoms with E-state index >= 15 is 0 Å². The number of imidazole rings is 1. The lowest BCUT2D eigenvalue weighted by molar-refractivity contribution is 0.446. The number of aryl methyl sites for hydroxylation is 1. The molecule has 0 fully saturated rings. The van der Waals surface area contributed by atoms with Gasteiger partial charge < -0.3 is 5.11 Å². The third kappa shape index (κ3) is 9.99. The van der Waals surface area contributed by atoms with E-state index in [4.69, 9.17) is 9.97 Å². The molecular formula is C71H71N3O. The van der Waals surface area contributed by atoms with Crippen LogP contribution in [0.3, 0.4) is 0 Å². The number of hydrogen-bond acceptors (Lipinski definition) is 3. The van der Waals surface area contributed by atoms with Gasteiger partial charge in [0.25, 0.3) is 0 Å². The molecule has 0 atom stereocenters. The van der Waals surface area contributed by atoms with Gasteiger partial charge in [0.05, 0.1) is 28.0 Å². The van der Waals surface area contributed by atoms with Gasteiger partial charge in [0.2, 0.25) is 0 Å². The van der Waals surface area contributed by atoms with Gasteiger partial charge in [-0.05, 0) is 149 Å². The van der Waals surface area contributed by atoms with Gasteiger partial charge in [0, 0.05) is 22.9 Å². The molecule has 4 heteroatoms. The Hall–Kier alpha value is -7.82. The number of aromatic nitrogens is 3. The number of benzene rings is 8. The molecule has 8 aromatic carbocycles. The normalized spacial score (nSPS) is 12.4. The molecule has 0 radical (unpaired) electrons. The SMILES string of the molecule is Cc1cc(-c2c(-c3ccccc3)cccc2C(C)(C)C)ccc1-n1c(-c2cc(C(C)(C)C)cc(C(C)(C)C)c2O)nc2c(-c3cc(-c4cc(-c5ccc(-c6ccccc6)cc5)ccn4)cc(C(C)(C)C)c3)cccc21. The van der Waals surface area contributed by atoms with Crippen LogP contribution in [0.1, 0.15) is 111 Å². The zero-order valence-corrected chi connectivity index (χ0v) is 46.2. The Morgan fingerprint density at radius 3 is 1.59 bits per heavy atom. The van der Waals surface area contributed by atoms with E-state index in [1.165, 1.54) is 38.9 Å². The smallest absolute Gasteiger partial charge is 0.149 e. The van der Waals surface area contributed by atoms with Crippen molar-refractivity contribution in [2.24, 2.45) is 0 Å². The maximum absolute atomic E-state index is 12.7. The fraction of sp³-hybridized carbons (Fsp3) is 0.239. The van der Waals surface area contributed by atoms with E-state index in [2.05, 4.69) is 277 Å². The number of para-hydroxylation sites is 1. The van der Waals surface area contributed by atoms with Gasteiger partial charge in [-0.1, -0.05) is 217 Å². The molecule has 4 nitrogen and oxygen atoms in total. The molecule has 0 spiro atoms. The van der Waals surface area contributed by atoms with Crippen molar-refractivity contribution in [2.45, 2.75) is 112 Å². The van der Waals surface area contributed by atoms with Crippen molar-refractivity contribution < 1.29 is 5.11 Å². The predicted octanol–water partition coefficient (Wildman–Crippen LogP) is 19.3. The molecule has 10 aromatic rings. The monoisotopic (exact) mass is 982 g/mol. The quantitative estimate of drug-likeness (QED) is 0.165. The van der Waals surface area contributed by atoms with Crippen molar-refractivity contribution in [1.82, 2.24) is 14.5 Å². The van der Waals surface area contributed by atoms with Gasteiger partial charge in [-0.2, -0.15) is 0 Å². The number of rotatable bonds is 8. The second kappa shape index (κ2) is 19.1. The zero-order chi connectivity index (χ0) is 53.2. The summed E-state index contributed by atoms with van der Waals surface area (Å²) in [6.45, 7) is 29.2. The highest BCUT2D eigenvalue weighted by atomic mass is 16.3. The van der Waals surface area contributed by atoms with Crippen LogP contribution in [0.15, 0.2) is 188 Å². The van der Waals surface area contributed by atoms with Crippen molar-refractivity contribution in [3.05, 3.63) is 216 Å². The Bertz CT molecular complexity index is 3740. The number of phenols is 1. The van der Waals surface area contributed by atoms with Crippen LogP contribution in [-0.2, 0) is 21.7 Å². The third-order valence-electron chi connectivity index (χ3n) is 14.9. The summed E-state index contributed by atoms with van der Waals surface area (Å²) in [6.07, 6.45) is 1.93. The van der Waals surface area contributed by atoms with Crippen LogP contribution < -0.4 is 0 Å². The Morgan fingerprint density at radius 1 is 0.400 bits per heavy atom. The first-order valence-electron chi connectivity index (χ1n) is 26.5. The zero-order valence-electron chi connectivity index (χ0n) is 46.2. The highest BCUT2D eigenvalue weighted by Crippen LogP contribution is 2.47. The van der Waals surface area contributed by atoms with E-state index < -0.39 is 0 Å². The Morgan fingerprint density at radius 2 is 0.960 bits per heavy atom. The van der Waals surface area contributed by atoms with Crippen LogP contribution in [0.2, 0.25) is 0 Å². The molecule has 2 heterocycles. The predicted molar refractivity (Wildman–Crippen MR) is 318 cm³/mol. The summed E-state index contributed by atoms with van der Waals surface area (Å²) in [6, 6.07) is 65.8. The molecule has 0 unspecified atom stereocenters. The molecule has 0 aliphatic carbocycles. The highest BCUT2D eigenvalue weighted by Gasteiger charge is 2.30. The summed E-state index contributed by atoms with van der Waals surface area (Å²) >= 11 is 0. The molecule has 0 saturated heterocycles. The van der Waals surface area contributed by atoms with Gasteiger partial charge in [0.15, 0.2) is 0 Å². The van der Waals surface area contributed by atoms with Crippen molar-refractivity contribution >= 4 is 11.0 Å². The first kappa shape index (κ1) is 50.7. The van der Waals surface area contributed by atoms with Gasteiger partial charge in [-0.3, -0.25) is 9.55 Å². The average Bonchev–Trinajstić information content (AvgIpc) is 3.77. The first-order chi connectivity index (χ1) is 35.5. The van der Waals surface area contributed by atoms with E-state index in [-0.39, 0.29) is 27.4 Å². The number of hydrogen-bond donors (Lipinski definition) is 1. The van der Waals surface area contributed by atoms with Crippen LogP contribution in [0.4, 0.5) is 0 Å². The molecule has 0 saturated carbocycles. The van der Waals surface area contributed by atoms with E-state index in [1.54, 1.807) is 0 Å². The van der Waals surface area contributed by atoms with Crippen LogP contribution in [0.5, 0.6) is 5.75 Å². The summed E-state index contributed by atoms with van der Waals surface area (Å²) in [5, 5.41) is 12.7.